The van der Waals surface area contributed by atoms with Crippen molar-refractivity contribution in [2.24, 2.45) is 30.0 Å². The van der Waals surface area contributed by atoms with E-state index in [9.17, 15) is 30.6 Å². The van der Waals surface area contributed by atoms with E-state index in [4.69, 9.17) is 30.0 Å². The Bertz CT molecular complexity index is 5240. The lowest BCUT2D eigenvalue weighted by atomic mass is 9.60. The summed E-state index contributed by atoms with van der Waals surface area (Å²) in [4.78, 5) is 31.7. The van der Waals surface area contributed by atoms with E-state index in [1.54, 1.807) is 37.3 Å². The molecule has 110 heavy (non-hydrogen) atoms. The SMILES string of the molecule is Oc1c(C=Nc2cc3c(cc2N=Cc2cccc(-c4ccccc4)c2O)C2c4cc(N=Cc5cccc(-c6ccccc6)c5O)c(N=Cc5cccc(-c6ccccc6)c5O)cc4C3c3cc(N=Cc4cccc(-c5ccccc5)c4O)c(N=Cc4cccc(-c5ccccc5)c4O)cc32)cccc1-c1ccccc1. The van der Waals surface area contributed by atoms with Crippen LogP contribution in [0.2, 0.25) is 0 Å². The molecule has 0 saturated carbocycles. The number of hydrogen-bond donors (Lipinski definition) is 6. The molecule has 2 bridgehead atoms. The average Bonchev–Trinajstić information content (AvgIpc) is 0.692. The summed E-state index contributed by atoms with van der Waals surface area (Å²) >= 11 is 0. The van der Waals surface area contributed by atoms with E-state index in [0.29, 0.717) is 101 Å². The minimum absolute atomic E-state index is 0.0477. The number of phenolic OH excluding ortho intramolecular Hbond substituents is 6. The zero-order chi connectivity index (χ0) is 74.6. The van der Waals surface area contributed by atoms with Crippen LogP contribution in [0.3, 0.4) is 0 Å². The topological polar surface area (TPSA) is 196 Å². The first-order chi connectivity index (χ1) is 54.1. The van der Waals surface area contributed by atoms with Crippen LogP contribution in [0.1, 0.15) is 78.6 Å². The molecular formula is C98H68N6O6. The predicted octanol–water partition coefficient (Wildman–Crippen LogP) is 23.4. The van der Waals surface area contributed by atoms with E-state index < -0.39 is 11.8 Å². The Morgan fingerprint density at radius 2 is 0.318 bits per heavy atom. The number of hydrogen-bond acceptors (Lipinski definition) is 12. The number of aromatic hydroxyl groups is 6. The number of nitrogens with zero attached hydrogens (tertiary/aromatic N) is 6. The first-order valence-corrected chi connectivity index (χ1v) is 36.1. The molecular weight excluding hydrogens is 1360 g/mol. The van der Waals surface area contributed by atoms with Gasteiger partial charge in [0.2, 0.25) is 0 Å². The van der Waals surface area contributed by atoms with Gasteiger partial charge in [0.05, 0.1) is 34.1 Å². The van der Waals surface area contributed by atoms with Gasteiger partial charge in [-0.15, -0.1) is 0 Å². The molecule has 0 unspecified atom stereocenters. The van der Waals surface area contributed by atoms with Gasteiger partial charge in [0.1, 0.15) is 34.5 Å². The molecule has 6 N–H and O–H groups in total. The largest absolute Gasteiger partial charge is 0.507 e. The zero-order valence-electron chi connectivity index (χ0n) is 59.2. The second kappa shape index (κ2) is 29.9. The fourth-order valence-corrected chi connectivity index (χ4v) is 14.9. The molecule has 0 spiro atoms. The van der Waals surface area contributed by atoms with Crippen molar-refractivity contribution in [3.8, 4) is 101 Å². The smallest absolute Gasteiger partial charge is 0.132 e. The molecule has 12 nitrogen and oxygen atoms in total. The second-order valence-electron chi connectivity index (χ2n) is 27.0. The lowest BCUT2D eigenvalue weighted by Crippen LogP contribution is -2.27. The minimum Gasteiger partial charge on any atom is -0.507 e. The molecule has 12 heteroatoms. The summed E-state index contributed by atoms with van der Waals surface area (Å²) in [6, 6.07) is 104. The highest BCUT2D eigenvalue weighted by Gasteiger charge is 2.43. The van der Waals surface area contributed by atoms with Crippen LogP contribution in [0.5, 0.6) is 34.5 Å². The van der Waals surface area contributed by atoms with Crippen LogP contribution >= 0.6 is 0 Å². The highest BCUT2D eigenvalue weighted by atomic mass is 16.3. The van der Waals surface area contributed by atoms with Crippen LogP contribution in [0.15, 0.2) is 358 Å². The van der Waals surface area contributed by atoms with E-state index in [1.807, 2.05) is 291 Å². The Kier molecular flexibility index (Phi) is 18.6. The van der Waals surface area contributed by atoms with Gasteiger partial charge >= 0.3 is 0 Å². The van der Waals surface area contributed by atoms with Crippen LogP contribution in [-0.2, 0) is 0 Å². The molecule has 0 aromatic heterocycles. The molecule has 18 rings (SSSR count). The number of aliphatic imine (C=N–C) groups is 6. The van der Waals surface area contributed by atoms with E-state index in [0.717, 1.165) is 66.8 Å². The third-order valence-corrected chi connectivity index (χ3v) is 20.4. The summed E-state index contributed by atoms with van der Waals surface area (Å²) in [7, 11) is 0. The van der Waals surface area contributed by atoms with Gasteiger partial charge in [0.25, 0.3) is 0 Å². The van der Waals surface area contributed by atoms with Crippen LogP contribution in [0, 0.1) is 0 Å². The van der Waals surface area contributed by atoms with Crippen molar-refractivity contribution >= 4 is 71.4 Å². The van der Waals surface area contributed by atoms with E-state index in [2.05, 4.69) is 36.4 Å². The Balaban J connectivity index is 0.902. The fraction of sp³-hybridized carbons (Fsp3) is 0.0204. The first-order valence-electron chi connectivity index (χ1n) is 36.1. The van der Waals surface area contributed by atoms with E-state index in [-0.39, 0.29) is 34.5 Å². The van der Waals surface area contributed by atoms with Gasteiger partial charge in [-0.2, -0.15) is 0 Å². The summed E-state index contributed by atoms with van der Waals surface area (Å²) < 4.78 is 0. The molecule has 0 aliphatic heterocycles. The maximum Gasteiger partial charge on any atom is 0.132 e. The number of para-hydroxylation sites is 6. The Labute approximate surface area is 635 Å². The van der Waals surface area contributed by atoms with Crippen molar-refractivity contribution in [3.63, 3.8) is 0 Å². The van der Waals surface area contributed by atoms with Gasteiger partial charge in [0, 0.05) is 116 Å². The Morgan fingerprint density at radius 1 is 0.173 bits per heavy atom. The molecule has 3 aliphatic rings. The monoisotopic (exact) mass is 1420 g/mol. The maximum absolute atomic E-state index is 12.1. The van der Waals surface area contributed by atoms with Crippen molar-refractivity contribution < 1.29 is 30.6 Å². The van der Waals surface area contributed by atoms with Crippen molar-refractivity contribution in [3.05, 3.63) is 394 Å². The molecule has 0 amide bonds. The minimum atomic E-state index is -0.602. The molecule has 15 aromatic rings. The Hall–Kier alpha value is -14.9. The Morgan fingerprint density at radius 3 is 0.464 bits per heavy atom. The normalized spacial score (nSPS) is 13.6. The van der Waals surface area contributed by atoms with E-state index >= 15 is 0 Å². The van der Waals surface area contributed by atoms with Gasteiger partial charge in [-0.3, -0.25) is 30.0 Å². The van der Waals surface area contributed by atoms with Crippen molar-refractivity contribution in [2.75, 3.05) is 0 Å². The summed E-state index contributed by atoms with van der Waals surface area (Å²) in [5.74, 6) is -0.917. The highest BCUT2D eigenvalue weighted by molar-refractivity contribution is 5.99. The summed E-state index contributed by atoms with van der Waals surface area (Å²) in [6.07, 6.45) is 9.91. The third kappa shape index (κ3) is 13.4. The molecule has 0 fully saturated rings. The maximum atomic E-state index is 12.1. The summed E-state index contributed by atoms with van der Waals surface area (Å²) in [5, 5.41) is 72.5. The summed E-state index contributed by atoms with van der Waals surface area (Å²) in [5.41, 5.74) is 19.6. The van der Waals surface area contributed by atoms with Crippen LogP contribution in [0.25, 0.3) is 66.8 Å². The van der Waals surface area contributed by atoms with E-state index in [1.165, 1.54) is 0 Å². The number of benzene rings is 15. The molecule has 0 atom stereocenters. The molecule has 3 aliphatic carbocycles. The van der Waals surface area contributed by atoms with Gasteiger partial charge in [-0.05, 0) is 140 Å². The number of phenols is 6. The quantitative estimate of drug-likeness (QED) is 0.0462. The lowest BCUT2D eigenvalue weighted by molar-refractivity contribution is 0.476. The van der Waals surface area contributed by atoms with Gasteiger partial charge in [0.15, 0.2) is 0 Å². The van der Waals surface area contributed by atoms with Gasteiger partial charge in [-0.1, -0.05) is 255 Å². The molecule has 526 valence electrons. The predicted molar refractivity (Wildman–Crippen MR) is 446 cm³/mol. The zero-order valence-corrected chi connectivity index (χ0v) is 59.2. The third-order valence-electron chi connectivity index (χ3n) is 20.4. The fourth-order valence-electron chi connectivity index (χ4n) is 14.9. The van der Waals surface area contributed by atoms with Gasteiger partial charge < -0.3 is 30.6 Å². The van der Waals surface area contributed by atoms with Gasteiger partial charge in [-0.25, -0.2) is 0 Å². The van der Waals surface area contributed by atoms with Crippen molar-refractivity contribution in [1.82, 2.24) is 0 Å². The highest BCUT2D eigenvalue weighted by Crippen LogP contribution is 2.61. The molecule has 0 radical (unpaired) electrons. The number of rotatable bonds is 18. The molecule has 0 saturated heterocycles. The van der Waals surface area contributed by atoms with Crippen LogP contribution in [0.4, 0.5) is 34.1 Å². The van der Waals surface area contributed by atoms with Crippen molar-refractivity contribution in [2.45, 2.75) is 11.8 Å². The first kappa shape index (κ1) is 68.2. The summed E-state index contributed by atoms with van der Waals surface area (Å²) in [6.45, 7) is 0. The van der Waals surface area contributed by atoms with Crippen LogP contribution in [-0.4, -0.2) is 67.9 Å². The standard InChI is InChI=1S/C98H68N6O6/c105-93-67(37-19-43-73(93)61-25-7-1-8-26-61)55-99-85-49-79-80(50-86(85)100-56-68-38-20-44-74(94(68)106)62-27-9-2-10-28-62)92-83-53-89(103-59-71-41-23-47-77(97(71)109)65-33-15-5-16-34-65)87(101-57-69-39-21-45-75(95(69)107)63-29-11-3-12-30-63)51-81(83)91(79)82-52-88(102-58-70-40-22-46-76(96(70)108)64-31-13-4-14-32-64)90(54-84(82)92)104-60-72-42-24-48-78(98(72)110)66-35-17-6-18-36-66/h1-60,91-92,105-110H. The van der Waals surface area contributed by atoms with Crippen LogP contribution < -0.4 is 0 Å². The lowest BCUT2D eigenvalue weighted by Gasteiger charge is -2.43. The average molecular weight is 1430 g/mol. The van der Waals surface area contributed by atoms with Crippen molar-refractivity contribution in [1.29, 1.82) is 0 Å². The molecule has 0 heterocycles. The second-order valence-corrected chi connectivity index (χ2v) is 27.0. The molecule has 15 aromatic carbocycles.